The summed E-state index contributed by atoms with van der Waals surface area (Å²) in [5.41, 5.74) is 0. The fourth-order valence-corrected chi connectivity index (χ4v) is 3.81. The fraction of sp³-hybridized carbons (Fsp3) is 0.692. The van der Waals surface area contributed by atoms with Crippen LogP contribution in [0.5, 0.6) is 0 Å². The summed E-state index contributed by atoms with van der Waals surface area (Å²) in [6, 6.07) is 2.20. The van der Waals surface area contributed by atoms with Gasteiger partial charge in [0, 0.05) is 14.7 Å². The lowest BCUT2D eigenvalue weighted by Gasteiger charge is -2.25. The molecule has 2 nitrogen and oxygen atoms in total. The van der Waals surface area contributed by atoms with Crippen LogP contribution in [0.3, 0.4) is 0 Å². The first-order valence-corrected chi connectivity index (χ1v) is 8.03. The molecule has 4 heteroatoms. The highest BCUT2D eigenvalue weighted by Crippen LogP contribution is 2.23. The molecule has 0 aliphatic heterocycles. The molecule has 1 aromatic heterocycles. The SMILES string of the molecule is OC1CCC(CNCCc2cc(Br)cs2)CC1. The number of aliphatic hydroxyl groups excluding tert-OH is 1. The number of thiophene rings is 1. The smallest absolute Gasteiger partial charge is 0.0540 e. The molecule has 0 unspecified atom stereocenters. The Hall–Kier alpha value is 0.1000. The van der Waals surface area contributed by atoms with E-state index in [2.05, 4.69) is 32.7 Å². The number of hydrogen-bond acceptors (Lipinski definition) is 3. The molecule has 0 radical (unpaired) electrons. The van der Waals surface area contributed by atoms with Crippen molar-refractivity contribution in [1.82, 2.24) is 5.32 Å². The first kappa shape index (κ1) is 13.5. The molecule has 0 amide bonds. The third kappa shape index (κ3) is 4.70. The van der Waals surface area contributed by atoms with Crippen molar-refractivity contribution in [3.63, 3.8) is 0 Å². The van der Waals surface area contributed by atoms with Gasteiger partial charge < -0.3 is 10.4 Å². The van der Waals surface area contributed by atoms with Crippen LogP contribution in [0, 0.1) is 5.92 Å². The average molecular weight is 318 g/mol. The van der Waals surface area contributed by atoms with Crippen LogP contribution in [0.2, 0.25) is 0 Å². The normalized spacial score (nSPS) is 25.1. The van der Waals surface area contributed by atoms with E-state index < -0.39 is 0 Å². The zero-order chi connectivity index (χ0) is 12.1. The monoisotopic (exact) mass is 317 g/mol. The summed E-state index contributed by atoms with van der Waals surface area (Å²) in [7, 11) is 0. The van der Waals surface area contributed by atoms with Gasteiger partial charge in [-0.1, -0.05) is 0 Å². The quantitative estimate of drug-likeness (QED) is 0.817. The molecular formula is C13H20BrNOS. The van der Waals surface area contributed by atoms with E-state index in [-0.39, 0.29) is 6.10 Å². The lowest BCUT2D eigenvalue weighted by molar-refractivity contribution is 0.108. The second-order valence-corrected chi connectivity index (χ2v) is 6.77. The Morgan fingerprint density at radius 3 is 2.76 bits per heavy atom. The molecule has 1 aliphatic carbocycles. The zero-order valence-corrected chi connectivity index (χ0v) is 12.4. The predicted octanol–water partition coefficient (Wildman–Crippen LogP) is 3.19. The van der Waals surface area contributed by atoms with Gasteiger partial charge in [-0.15, -0.1) is 11.3 Å². The van der Waals surface area contributed by atoms with Gasteiger partial charge in [0.25, 0.3) is 0 Å². The van der Waals surface area contributed by atoms with Gasteiger partial charge in [-0.2, -0.15) is 0 Å². The summed E-state index contributed by atoms with van der Waals surface area (Å²) in [5, 5.41) is 15.1. The van der Waals surface area contributed by atoms with Crippen molar-refractivity contribution >= 4 is 27.3 Å². The predicted molar refractivity (Wildman–Crippen MR) is 76.6 cm³/mol. The Bertz CT molecular complexity index is 334. The van der Waals surface area contributed by atoms with Crippen LogP contribution in [0.15, 0.2) is 15.9 Å². The van der Waals surface area contributed by atoms with Gasteiger partial charge in [-0.05, 0) is 73.1 Å². The molecule has 2 N–H and O–H groups in total. The van der Waals surface area contributed by atoms with Crippen molar-refractivity contribution in [2.24, 2.45) is 5.92 Å². The van der Waals surface area contributed by atoms with Crippen LogP contribution in [0.25, 0.3) is 0 Å². The van der Waals surface area contributed by atoms with Gasteiger partial charge in [-0.25, -0.2) is 0 Å². The molecule has 0 spiro atoms. The number of halogens is 1. The van der Waals surface area contributed by atoms with Gasteiger partial charge in [0.05, 0.1) is 6.10 Å². The maximum Gasteiger partial charge on any atom is 0.0540 e. The molecule has 96 valence electrons. The van der Waals surface area contributed by atoms with Gasteiger partial charge in [0.1, 0.15) is 0 Å². The average Bonchev–Trinajstić information content (AvgIpc) is 2.73. The first-order valence-electron chi connectivity index (χ1n) is 6.35. The van der Waals surface area contributed by atoms with Crippen LogP contribution in [0.1, 0.15) is 30.6 Å². The van der Waals surface area contributed by atoms with E-state index >= 15 is 0 Å². The van der Waals surface area contributed by atoms with E-state index in [1.807, 2.05) is 11.3 Å². The van der Waals surface area contributed by atoms with Gasteiger partial charge in [0.2, 0.25) is 0 Å². The summed E-state index contributed by atoms with van der Waals surface area (Å²) in [6.45, 7) is 2.17. The summed E-state index contributed by atoms with van der Waals surface area (Å²) in [6.07, 6.45) is 5.42. The van der Waals surface area contributed by atoms with Crippen LogP contribution < -0.4 is 5.32 Å². The van der Waals surface area contributed by atoms with Gasteiger partial charge >= 0.3 is 0 Å². The topological polar surface area (TPSA) is 32.3 Å². The van der Waals surface area contributed by atoms with E-state index in [0.29, 0.717) is 0 Å². The van der Waals surface area contributed by atoms with E-state index in [9.17, 15) is 5.11 Å². The Kier molecular flexibility index (Phi) is 5.48. The highest BCUT2D eigenvalue weighted by Gasteiger charge is 2.18. The van der Waals surface area contributed by atoms with Crippen molar-refractivity contribution in [2.45, 2.75) is 38.2 Å². The Morgan fingerprint density at radius 1 is 1.35 bits per heavy atom. The van der Waals surface area contributed by atoms with Crippen LogP contribution in [0.4, 0.5) is 0 Å². The highest BCUT2D eigenvalue weighted by molar-refractivity contribution is 9.10. The van der Waals surface area contributed by atoms with Crippen molar-refractivity contribution < 1.29 is 5.11 Å². The largest absolute Gasteiger partial charge is 0.393 e. The minimum atomic E-state index is -0.0327. The number of aliphatic hydroxyl groups is 1. The van der Waals surface area contributed by atoms with E-state index in [1.165, 1.54) is 22.2 Å². The van der Waals surface area contributed by atoms with Crippen molar-refractivity contribution in [3.05, 3.63) is 20.8 Å². The van der Waals surface area contributed by atoms with E-state index in [1.54, 1.807) is 0 Å². The lowest BCUT2D eigenvalue weighted by Crippen LogP contribution is -2.29. The summed E-state index contributed by atoms with van der Waals surface area (Å²) in [5.74, 6) is 0.772. The number of nitrogens with one attached hydrogen (secondary N) is 1. The molecule has 1 saturated carbocycles. The standard InChI is InChI=1S/C13H20BrNOS/c14-11-7-13(17-9-11)5-6-15-8-10-1-3-12(16)4-2-10/h7,9-10,12,15-16H,1-6,8H2. The molecule has 1 fully saturated rings. The third-order valence-corrected chi connectivity index (χ3v) is 5.18. The highest BCUT2D eigenvalue weighted by atomic mass is 79.9. The second kappa shape index (κ2) is 6.88. The molecule has 2 rings (SSSR count). The van der Waals surface area contributed by atoms with Crippen LogP contribution in [-0.4, -0.2) is 24.3 Å². The second-order valence-electron chi connectivity index (χ2n) is 4.86. The molecular weight excluding hydrogens is 298 g/mol. The van der Waals surface area contributed by atoms with E-state index in [4.69, 9.17) is 0 Å². The molecule has 17 heavy (non-hydrogen) atoms. The lowest BCUT2D eigenvalue weighted by atomic mass is 9.87. The summed E-state index contributed by atoms with van der Waals surface area (Å²) >= 11 is 5.29. The minimum Gasteiger partial charge on any atom is -0.393 e. The number of rotatable bonds is 5. The van der Waals surface area contributed by atoms with Crippen LogP contribution in [-0.2, 0) is 6.42 Å². The van der Waals surface area contributed by atoms with Gasteiger partial charge in [-0.3, -0.25) is 0 Å². The Morgan fingerprint density at radius 2 is 2.12 bits per heavy atom. The maximum atomic E-state index is 9.43. The summed E-state index contributed by atoms with van der Waals surface area (Å²) < 4.78 is 1.19. The molecule has 0 aromatic carbocycles. The molecule has 0 atom stereocenters. The molecule has 0 bridgehead atoms. The molecule has 1 aromatic rings. The summed E-state index contributed by atoms with van der Waals surface area (Å²) in [4.78, 5) is 1.43. The van der Waals surface area contributed by atoms with Crippen molar-refractivity contribution in [2.75, 3.05) is 13.1 Å². The molecule has 1 aliphatic rings. The molecule has 0 saturated heterocycles. The minimum absolute atomic E-state index is 0.0327. The fourth-order valence-electron chi connectivity index (χ4n) is 2.35. The first-order chi connectivity index (χ1) is 8.24. The number of hydrogen-bond donors (Lipinski definition) is 2. The van der Waals surface area contributed by atoms with Crippen molar-refractivity contribution in [3.8, 4) is 0 Å². The van der Waals surface area contributed by atoms with Crippen molar-refractivity contribution in [1.29, 1.82) is 0 Å². The maximum absolute atomic E-state index is 9.43. The molecule has 1 heterocycles. The van der Waals surface area contributed by atoms with E-state index in [0.717, 1.165) is 38.3 Å². The third-order valence-electron chi connectivity index (χ3n) is 3.42. The van der Waals surface area contributed by atoms with Gasteiger partial charge in [0.15, 0.2) is 0 Å². The zero-order valence-electron chi connectivity index (χ0n) is 9.99. The Balaban J connectivity index is 1.57. The Labute approximate surface area is 116 Å². The van der Waals surface area contributed by atoms with Crippen LogP contribution >= 0.6 is 27.3 Å².